The first kappa shape index (κ1) is 54.4. The standard InChI is InChI=1S/C85H58N6/c1-5-69-75-38-30-56-19-15-27-67(47-56)81-70(66-26-14-18-55(4)46-66)37-43-80(82(69)81)91(75)79-39-33-63(58-31-28-57(52-86)29-32-58)48-71(79)74-51-68(85-88-83(59-20-8-6-9-21-59)87-84(89-85)60-22-10-7-11-23-60)36-42-78(74)90-76-40-34-64(61-24-12-16-53(2)44-61)49-72(76)73-50-65(35-41-77(73)90)62-25-13-17-54(3)45-62/h5-51H,1H2,2-4H3. The second-order valence-corrected chi connectivity index (χ2v) is 23.8. The number of nitriles is 1. The average Bonchev–Trinajstić information content (AvgIpc) is 1.81. The van der Waals surface area contributed by atoms with E-state index in [4.69, 9.17) is 15.0 Å². The molecule has 0 radical (unpaired) electrons. The van der Waals surface area contributed by atoms with Crippen LogP contribution < -0.4 is 0 Å². The van der Waals surface area contributed by atoms with Crippen molar-refractivity contribution in [1.82, 2.24) is 24.1 Å². The number of benzene rings is 12. The molecule has 91 heavy (non-hydrogen) atoms. The predicted molar refractivity (Wildman–Crippen MR) is 379 cm³/mol. The van der Waals surface area contributed by atoms with Crippen molar-refractivity contribution >= 4 is 60.5 Å². The largest absolute Gasteiger partial charge is 0.309 e. The number of rotatable bonds is 11. The maximum Gasteiger partial charge on any atom is 0.164 e. The third-order valence-corrected chi connectivity index (χ3v) is 17.9. The van der Waals surface area contributed by atoms with Gasteiger partial charge >= 0.3 is 0 Å². The minimum absolute atomic E-state index is 0.540. The highest BCUT2D eigenvalue weighted by molar-refractivity contribution is 6.20. The second-order valence-electron chi connectivity index (χ2n) is 23.8. The van der Waals surface area contributed by atoms with Gasteiger partial charge in [0, 0.05) is 49.5 Å². The van der Waals surface area contributed by atoms with Crippen LogP contribution >= 0.6 is 0 Å². The van der Waals surface area contributed by atoms with Crippen molar-refractivity contribution in [2.24, 2.45) is 0 Å². The van der Waals surface area contributed by atoms with Crippen molar-refractivity contribution in [2.75, 3.05) is 0 Å². The van der Waals surface area contributed by atoms with Crippen LogP contribution in [0.4, 0.5) is 0 Å². The molecule has 13 aromatic carbocycles. The number of hydrogen-bond acceptors (Lipinski definition) is 4. The first-order valence-electron chi connectivity index (χ1n) is 30.8. The van der Waals surface area contributed by atoms with Crippen LogP contribution in [0, 0.1) is 32.1 Å². The highest BCUT2D eigenvalue weighted by Gasteiger charge is 2.26. The SMILES string of the molecule is C=Cc1c2c3c(-c4cccc(C)c4)ccc2n(-c2ccc(-c4ccc(C#N)cc4)cc2-c2cc(-c4nc(-c5ccccc5)nc(-c5ccccc5)n4)ccc2-n2c4ccc(-c5cccc(C)c5)cc4c4cc(-c5cccc(C)c5)ccc42)c1ccc1cccc3c1. The summed E-state index contributed by atoms with van der Waals surface area (Å²) in [6, 6.07) is 102. The number of fused-ring (bicyclic) bond motifs is 7. The number of nitrogens with zero attached hydrogens (tertiary/aromatic N) is 6. The van der Waals surface area contributed by atoms with Crippen LogP contribution in [-0.2, 0) is 0 Å². The molecular weight excluding hydrogens is 1100 g/mol. The molecule has 0 fully saturated rings. The van der Waals surface area contributed by atoms with Gasteiger partial charge < -0.3 is 9.13 Å². The van der Waals surface area contributed by atoms with Crippen LogP contribution in [0.1, 0.15) is 27.8 Å². The molecule has 428 valence electrons. The highest BCUT2D eigenvalue weighted by Crippen LogP contribution is 2.47. The monoisotopic (exact) mass is 1160 g/mol. The Kier molecular flexibility index (Phi) is 13.3. The molecule has 3 aromatic heterocycles. The average molecular weight is 1160 g/mol. The van der Waals surface area contributed by atoms with Gasteiger partial charge in [0.05, 0.1) is 45.1 Å². The van der Waals surface area contributed by atoms with Crippen molar-refractivity contribution in [1.29, 1.82) is 5.26 Å². The Morgan fingerprint density at radius 1 is 0.341 bits per heavy atom. The third kappa shape index (κ3) is 9.64. The summed E-state index contributed by atoms with van der Waals surface area (Å²) in [5.41, 5.74) is 24.7. The van der Waals surface area contributed by atoms with Gasteiger partial charge in [-0.2, -0.15) is 5.26 Å². The van der Waals surface area contributed by atoms with E-state index < -0.39 is 0 Å². The number of aromatic nitrogens is 5. The first-order valence-corrected chi connectivity index (χ1v) is 30.8. The van der Waals surface area contributed by atoms with Gasteiger partial charge in [-0.15, -0.1) is 0 Å². The van der Waals surface area contributed by atoms with Gasteiger partial charge in [-0.1, -0.05) is 223 Å². The summed E-state index contributed by atoms with van der Waals surface area (Å²) in [5, 5.41) is 16.8. The van der Waals surface area contributed by atoms with Crippen molar-refractivity contribution in [2.45, 2.75) is 20.8 Å². The molecule has 6 heteroatoms. The molecule has 4 bridgehead atoms. The zero-order valence-corrected chi connectivity index (χ0v) is 50.5. The fourth-order valence-corrected chi connectivity index (χ4v) is 13.6. The molecule has 3 heterocycles. The highest BCUT2D eigenvalue weighted by atomic mass is 15.0. The minimum atomic E-state index is 0.540. The molecule has 0 spiro atoms. The van der Waals surface area contributed by atoms with Crippen LogP contribution in [0.2, 0.25) is 0 Å². The van der Waals surface area contributed by atoms with Crippen LogP contribution in [0.15, 0.2) is 286 Å². The van der Waals surface area contributed by atoms with E-state index in [-0.39, 0.29) is 0 Å². The summed E-state index contributed by atoms with van der Waals surface area (Å²) in [5.74, 6) is 1.70. The van der Waals surface area contributed by atoms with E-state index in [0.29, 0.717) is 23.0 Å². The van der Waals surface area contributed by atoms with E-state index in [1.807, 2.05) is 66.7 Å². The smallest absolute Gasteiger partial charge is 0.164 e. The normalized spacial score (nSPS) is 11.5. The van der Waals surface area contributed by atoms with Gasteiger partial charge in [0.2, 0.25) is 0 Å². The van der Waals surface area contributed by atoms with Crippen molar-refractivity contribution in [3.8, 4) is 107 Å². The maximum absolute atomic E-state index is 10.1. The molecule has 0 aliphatic carbocycles. The Labute approximate surface area is 528 Å². The minimum Gasteiger partial charge on any atom is -0.309 e. The van der Waals surface area contributed by atoms with Crippen molar-refractivity contribution < 1.29 is 0 Å². The summed E-state index contributed by atoms with van der Waals surface area (Å²) >= 11 is 0. The summed E-state index contributed by atoms with van der Waals surface area (Å²) < 4.78 is 4.91. The van der Waals surface area contributed by atoms with E-state index in [2.05, 4.69) is 261 Å². The molecule has 0 aliphatic rings. The van der Waals surface area contributed by atoms with Gasteiger partial charge in [0.15, 0.2) is 17.5 Å². The Hall–Kier alpha value is -12.0. The molecule has 0 aliphatic heterocycles. The Morgan fingerprint density at radius 3 is 1.36 bits per heavy atom. The predicted octanol–water partition coefficient (Wildman–Crippen LogP) is 22.0. The lowest BCUT2D eigenvalue weighted by Gasteiger charge is -2.21. The maximum atomic E-state index is 10.1. The van der Waals surface area contributed by atoms with Crippen molar-refractivity contribution in [3.63, 3.8) is 0 Å². The lowest BCUT2D eigenvalue weighted by atomic mass is 9.93. The van der Waals surface area contributed by atoms with Crippen LogP contribution in [-0.4, -0.2) is 24.1 Å². The summed E-state index contributed by atoms with van der Waals surface area (Å²) in [6.07, 6.45) is 2.04. The molecule has 0 atom stereocenters. The lowest BCUT2D eigenvalue weighted by Crippen LogP contribution is -2.04. The molecule has 0 saturated carbocycles. The van der Waals surface area contributed by atoms with Gasteiger partial charge in [0.1, 0.15) is 0 Å². The van der Waals surface area contributed by atoms with E-state index in [1.165, 1.54) is 16.7 Å². The number of aryl methyl sites for hydroxylation is 3. The van der Waals surface area contributed by atoms with E-state index in [0.717, 1.165) is 144 Å². The lowest BCUT2D eigenvalue weighted by molar-refractivity contribution is 1.07. The number of hydrogen-bond donors (Lipinski definition) is 0. The molecule has 0 saturated heterocycles. The van der Waals surface area contributed by atoms with Crippen LogP contribution in [0.5, 0.6) is 0 Å². The Bertz CT molecular complexity index is 5490. The van der Waals surface area contributed by atoms with E-state index >= 15 is 0 Å². The summed E-state index contributed by atoms with van der Waals surface area (Å²) in [6.45, 7) is 11.1. The van der Waals surface area contributed by atoms with Gasteiger partial charge in [0.25, 0.3) is 0 Å². The Morgan fingerprint density at radius 2 is 0.791 bits per heavy atom. The fourth-order valence-electron chi connectivity index (χ4n) is 13.6. The summed E-state index contributed by atoms with van der Waals surface area (Å²) in [4.78, 5) is 15.9. The molecule has 0 unspecified atom stereocenters. The summed E-state index contributed by atoms with van der Waals surface area (Å²) in [7, 11) is 0. The molecular formula is C85H58N6. The third-order valence-electron chi connectivity index (χ3n) is 17.9. The fraction of sp³-hybridized carbons (Fsp3) is 0.0353. The Balaban J connectivity index is 1.05. The zero-order chi connectivity index (χ0) is 61.3. The molecule has 0 N–H and O–H groups in total. The second kappa shape index (κ2) is 22.3. The van der Waals surface area contributed by atoms with Crippen LogP contribution in [0.3, 0.4) is 0 Å². The topological polar surface area (TPSA) is 72.3 Å². The first-order chi connectivity index (χ1) is 44.7. The molecule has 0 amide bonds. The van der Waals surface area contributed by atoms with E-state index in [9.17, 15) is 5.26 Å². The van der Waals surface area contributed by atoms with Crippen molar-refractivity contribution in [3.05, 3.63) is 313 Å². The zero-order valence-electron chi connectivity index (χ0n) is 50.5. The quantitative estimate of drug-likeness (QED) is 0.129. The molecule has 16 aromatic rings. The molecule has 6 nitrogen and oxygen atoms in total. The molecule has 16 rings (SSSR count). The van der Waals surface area contributed by atoms with Gasteiger partial charge in [-0.3, -0.25) is 0 Å². The van der Waals surface area contributed by atoms with Crippen LogP contribution in [0.25, 0.3) is 162 Å². The van der Waals surface area contributed by atoms with Gasteiger partial charge in [-0.25, -0.2) is 15.0 Å². The van der Waals surface area contributed by atoms with E-state index in [1.54, 1.807) is 0 Å². The van der Waals surface area contributed by atoms with Gasteiger partial charge in [-0.05, 0) is 166 Å².